The van der Waals surface area contributed by atoms with Crippen LogP contribution in [0.5, 0.6) is 11.5 Å². The summed E-state index contributed by atoms with van der Waals surface area (Å²) in [6.07, 6.45) is 2.79. The average molecular weight is 372 g/mol. The zero-order chi connectivity index (χ0) is 16.8. The van der Waals surface area contributed by atoms with E-state index in [1.165, 1.54) is 13.2 Å². The molecule has 0 fully saturated rings. The van der Waals surface area contributed by atoms with Gasteiger partial charge in [0, 0.05) is 5.02 Å². The maximum Gasteiger partial charge on any atom is 0.245 e. The minimum Gasteiger partial charge on any atom is -0.493 e. The van der Waals surface area contributed by atoms with Gasteiger partial charge in [0.1, 0.15) is 6.61 Å². The number of hydrogen-bond donors (Lipinski definition) is 0. The van der Waals surface area contributed by atoms with Crippen molar-refractivity contribution in [3.8, 4) is 11.5 Å². The Balaban J connectivity index is 2.20. The molecule has 0 saturated carbocycles. The summed E-state index contributed by atoms with van der Waals surface area (Å²) in [5.41, 5.74) is 1.63. The highest BCUT2D eigenvalue weighted by atomic mass is 35.5. The number of hydrogen-bond acceptors (Lipinski definition) is 3. The molecule has 0 bridgehead atoms. The molecule has 0 heterocycles. The molecule has 2 aromatic rings. The first-order chi connectivity index (χ1) is 11.0. The molecule has 0 aliphatic rings. The van der Waals surface area contributed by atoms with Gasteiger partial charge in [0.25, 0.3) is 0 Å². The third-order valence-corrected chi connectivity index (χ3v) is 3.61. The zero-order valence-corrected chi connectivity index (χ0v) is 14.5. The molecule has 0 radical (unpaired) electrons. The van der Waals surface area contributed by atoms with Gasteiger partial charge in [-0.05, 0) is 59.1 Å². The third-order valence-electron chi connectivity index (χ3n) is 2.96. The fourth-order valence-corrected chi connectivity index (χ4v) is 2.34. The lowest BCUT2D eigenvalue weighted by atomic mass is 10.2. The minimum atomic E-state index is -0.567. The second kappa shape index (κ2) is 8.25. The van der Waals surface area contributed by atoms with Gasteiger partial charge in [0.15, 0.2) is 11.5 Å². The van der Waals surface area contributed by atoms with Gasteiger partial charge in [-0.3, -0.25) is 4.79 Å². The summed E-state index contributed by atoms with van der Waals surface area (Å²) in [6, 6.07) is 10.7. The average Bonchev–Trinajstić information content (AvgIpc) is 2.53. The van der Waals surface area contributed by atoms with Crippen LogP contribution in [0.3, 0.4) is 0 Å². The summed E-state index contributed by atoms with van der Waals surface area (Å²) in [7, 11) is 1.51. The van der Waals surface area contributed by atoms with E-state index in [4.69, 9.17) is 44.3 Å². The Kier molecular flexibility index (Phi) is 6.34. The number of allylic oxidation sites excluding steroid dienone is 1. The van der Waals surface area contributed by atoms with Crippen LogP contribution in [0.1, 0.15) is 11.1 Å². The van der Waals surface area contributed by atoms with Crippen LogP contribution in [0.15, 0.2) is 42.5 Å². The lowest BCUT2D eigenvalue weighted by Gasteiger charge is -2.13. The molecule has 0 atom stereocenters. The van der Waals surface area contributed by atoms with Gasteiger partial charge in [-0.15, -0.1) is 0 Å². The van der Waals surface area contributed by atoms with Gasteiger partial charge >= 0.3 is 0 Å². The maximum atomic E-state index is 10.8. The van der Waals surface area contributed by atoms with Crippen LogP contribution < -0.4 is 9.47 Å². The Morgan fingerprint density at radius 1 is 1.17 bits per heavy atom. The fraction of sp³-hybridized carbons (Fsp3) is 0.118. The predicted octanol–water partition coefficient (Wildman–Crippen LogP) is 5.36. The number of carbonyl (C=O) groups is 1. The Labute approximate surface area is 149 Å². The van der Waals surface area contributed by atoms with Gasteiger partial charge in [0.05, 0.1) is 12.1 Å². The van der Waals surface area contributed by atoms with Gasteiger partial charge in [-0.25, -0.2) is 0 Å². The molecule has 0 amide bonds. The minimum absolute atomic E-state index is 0.322. The number of methoxy groups -OCH3 is 1. The summed E-state index contributed by atoms with van der Waals surface area (Å²) in [5.74, 6) is 0.895. The molecule has 0 aromatic heterocycles. The largest absolute Gasteiger partial charge is 0.493 e. The van der Waals surface area contributed by atoms with E-state index in [-0.39, 0.29) is 0 Å². The van der Waals surface area contributed by atoms with E-state index < -0.39 is 5.24 Å². The summed E-state index contributed by atoms with van der Waals surface area (Å²) >= 11 is 17.4. The Morgan fingerprint density at radius 2 is 1.87 bits per heavy atom. The van der Waals surface area contributed by atoms with Crippen LogP contribution in [-0.4, -0.2) is 12.4 Å². The van der Waals surface area contributed by atoms with E-state index in [1.54, 1.807) is 30.3 Å². The second-order valence-electron chi connectivity index (χ2n) is 4.59. The first kappa shape index (κ1) is 17.7. The molecule has 6 heteroatoms. The van der Waals surface area contributed by atoms with Crippen molar-refractivity contribution in [1.29, 1.82) is 0 Å². The van der Waals surface area contributed by atoms with Gasteiger partial charge < -0.3 is 9.47 Å². The molecule has 0 aliphatic carbocycles. The van der Waals surface area contributed by atoms with Crippen molar-refractivity contribution in [3.05, 3.63) is 63.6 Å². The third kappa shape index (κ3) is 5.17. The SMILES string of the molecule is COc1cc(/C=C/C(=O)Cl)cc(Cl)c1OCc1ccc(Cl)cc1. The molecule has 2 rings (SSSR count). The summed E-state index contributed by atoms with van der Waals surface area (Å²) < 4.78 is 11.0. The molecular formula is C17H13Cl3O3. The topological polar surface area (TPSA) is 35.5 Å². The van der Waals surface area contributed by atoms with E-state index in [2.05, 4.69) is 0 Å². The van der Waals surface area contributed by atoms with Crippen molar-refractivity contribution in [2.75, 3.05) is 7.11 Å². The number of ether oxygens (including phenoxy) is 2. The number of carbonyl (C=O) groups excluding carboxylic acids is 1. The molecule has 2 aromatic carbocycles. The van der Waals surface area contributed by atoms with Crippen molar-refractivity contribution >= 4 is 46.1 Å². The molecule has 120 valence electrons. The Bertz CT molecular complexity index is 725. The van der Waals surface area contributed by atoms with Crippen molar-refractivity contribution < 1.29 is 14.3 Å². The molecule has 0 N–H and O–H groups in total. The first-order valence-electron chi connectivity index (χ1n) is 6.62. The van der Waals surface area contributed by atoms with Crippen LogP contribution in [0.25, 0.3) is 6.08 Å². The highest BCUT2D eigenvalue weighted by Gasteiger charge is 2.11. The summed E-state index contributed by atoms with van der Waals surface area (Å²) in [5, 5.41) is 0.470. The van der Waals surface area contributed by atoms with Crippen molar-refractivity contribution in [1.82, 2.24) is 0 Å². The molecule has 0 spiro atoms. The summed E-state index contributed by atoms with van der Waals surface area (Å²) in [4.78, 5) is 10.8. The van der Waals surface area contributed by atoms with Gasteiger partial charge in [0.2, 0.25) is 5.24 Å². The van der Waals surface area contributed by atoms with E-state index in [9.17, 15) is 4.79 Å². The number of benzene rings is 2. The van der Waals surface area contributed by atoms with E-state index >= 15 is 0 Å². The van der Waals surface area contributed by atoms with Crippen LogP contribution in [0.4, 0.5) is 0 Å². The van der Waals surface area contributed by atoms with Gasteiger partial charge in [-0.2, -0.15) is 0 Å². The molecule has 0 unspecified atom stereocenters. The normalized spacial score (nSPS) is 10.8. The fourth-order valence-electron chi connectivity index (χ4n) is 1.87. The molecule has 0 aliphatic heterocycles. The molecule has 0 saturated heterocycles. The quantitative estimate of drug-likeness (QED) is 0.506. The predicted molar refractivity (Wildman–Crippen MR) is 93.7 cm³/mol. The van der Waals surface area contributed by atoms with E-state index in [1.807, 2.05) is 12.1 Å². The molecular weight excluding hydrogens is 359 g/mol. The molecule has 3 nitrogen and oxygen atoms in total. The lowest BCUT2D eigenvalue weighted by Crippen LogP contribution is -1.99. The number of halogens is 3. The zero-order valence-electron chi connectivity index (χ0n) is 12.2. The highest BCUT2D eigenvalue weighted by molar-refractivity contribution is 6.66. The maximum absolute atomic E-state index is 10.8. The van der Waals surface area contributed by atoms with Crippen molar-refractivity contribution in [2.24, 2.45) is 0 Å². The highest BCUT2D eigenvalue weighted by Crippen LogP contribution is 2.37. The number of rotatable bonds is 6. The first-order valence-corrected chi connectivity index (χ1v) is 7.75. The standard InChI is InChI=1S/C17H13Cl3O3/c1-22-15-9-12(4-7-16(20)21)8-14(19)17(15)23-10-11-2-5-13(18)6-3-11/h2-9H,10H2,1H3/b7-4+. The summed E-state index contributed by atoms with van der Waals surface area (Å²) in [6.45, 7) is 0.322. The van der Waals surface area contributed by atoms with Crippen LogP contribution in [0, 0.1) is 0 Å². The second-order valence-corrected chi connectivity index (χ2v) is 5.80. The van der Waals surface area contributed by atoms with Gasteiger partial charge in [-0.1, -0.05) is 35.3 Å². The van der Waals surface area contributed by atoms with E-state index in [0.29, 0.717) is 33.7 Å². The lowest BCUT2D eigenvalue weighted by molar-refractivity contribution is -0.107. The monoisotopic (exact) mass is 370 g/mol. The van der Waals surface area contributed by atoms with Crippen LogP contribution >= 0.6 is 34.8 Å². The van der Waals surface area contributed by atoms with Crippen molar-refractivity contribution in [3.63, 3.8) is 0 Å². The Morgan fingerprint density at radius 3 is 2.48 bits per heavy atom. The van der Waals surface area contributed by atoms with Crippen molar-refractivity contribution in [2.45, 2.75) is 6.61 Å². The Hall–Kier alpha value is -1.68. The smallest absolute Gasteiger partial charge is 0.245 e. The van der Waals surface area contributed by atoms with Crippen LogP contribution in [-0.2, 0) is 11.4 Å². The van der Waals surface area contributed by atoms with Crippen LogP contribution in [0.2, 0.25) is 10.0 Å². The molecule has 23 heavy (non-hydrogen) atoms. The van der Waals surface area contributed by atoms with E-state index in [0.717, 1.165) is 5.56 Å².